The van der Waals surface area contributed by atoms with Crippen molar-refractivity contribution in [3.63, 3.8) is 0 Å². The highest BCUT2D eigenvalue weighted by Gasteiger charge is 2.22. The lowest BCUT2D eigenvalue weighted by Crippen LogP contribution is -2.47. The van der Waals surface area contributed by atoms with Gasteiger partial charge in [-0.3, -0.25) is 4.99 Å². The lowest BCUT2D eigenvalue weighted by atomic mass is 10.0. The fraction of sp³-hybridized carbons (Fsp3) is 0.611. The van der Waals surface area contributed by atoms with Gasteiger partial charge in [0.25, 0.3) is 0 Å². The predicted molar refractivity (Wildman–Crippen MR) is 92.4 cm³/mol. The Morgan fingerprint density at radius 1 is 1.38 bits per heavy atom. The molecule has 0 bridgehead atoms. The topological polar surface area (TPSA) is 36.9 Å². The summed E-state index contributed by atoms with van der Waals surface area (Å²) in [5.41, 5.74) is 0.509. The molecule has 1 atom stereocenters. The van der Waals surface area contributed by atoms with Crippen LogP contribution in [-0.2, 0) is 4.74 Å². The van der Waals surface area contributed by atoms with Gasteiger partial charge in [-0.2, -0.15) is 0 Å². The van der Waals surface area contributed by atoms with Crippen molar-refractivity contribution in [1.82, 2.24) is 10.2 Å². The van der Waals surface area contributed by atoms with Gasteiger partial charge < -0.3 is 15.0 Å². The lowest BCUT2D eigenvalue weighted by molar-refractivity contribution is 0.0264. The third-order valence-corrected chi connectivity index (χ3v) is 4.42. The Balaban J connectivity index is 1.87. The van der Waals surface area contributed by atoms with Crippen LogP contribution in [0.5, 0.6) is 0 Å². The van der Waals surface area contributed by atoms with E-state index in [1.165, 1.54) is 12.1 Å². The van der Waals surface area contributed by atoms with Gasteiger partial charge in [-0.25, -0.2) is 8.78 Å². The summed E-state index contributed by atoms with van der Waals surface area (Å²) >= 11 is 0. The number of benzene rings is 1. The molecule has 1 fully saturated rings. The summed E-state index contributed by atoms with van der Waals surface area (Å²) in [5.74, 6) is -0.316. The van der Waals surface area contributed by atoms with E-state index in [1.54, 1.807) is 7.05 Å². The summed E-state index contributed by atoms with van der Waals surface area (Å²) in [6.45, 7) is 7.01. The maximum absolute atomic E-state index is 13.9. The van der Waals surface area contributed by atoms with Crippen LogP contribution < -0.4 is 5.32 Å². The number of piperidine rings is 1. The molecule has 0 radical (unpaired) electrons. The average Bonchev–Trinajstić information content (AvgIpc) is 2.57. The predicted octanol–water partition coefficient (Wildman–Crippen LogP) is 3.14. The van der Waals surface area contributed by atoms with Gasteiger partial charge in [0.2, 0.25) is 0 Å². The molecule has 0 spiro atoms. The second kappa shape index (κ2) is 8.97. The molecule has 1 aliphatic heterocycles. The number of hydrogen-bond donors (Lipinski definition) is 1. The first-order valence-corrected chi connectivity index (χ1v) is 8.57. The number of nitrogens with zero attached hydrogens (tertiary/aromatic N) is 2. The summed E-state index contributed by atoms with van der Waals surface area (Å²) in [6, 6.07) is 3.73. The van der Waals surface area contributed by atoms with Crippen molar-refractivity contribution in [1.29, 1.82) is 0 Å². The number of aliphatic imine (C=N–C) groups is 1. The Bertz CT molecular complexity index is 557. The molecule has 4 nitrogen and oxygen atoms in total. The Labute approximate surface area is 142 Å². The largest absolute Gasteiger partial charge is 0.378 e. The standard InChI is InChI=1S/C18H27F2N3O/c1-4-24-15-7-9-23(10-8-15)18(21-3)22-12-13(2)16-6-5-14(19)11-17(16)20/h5-6,11,13,15H,4,7-10,12H2,1-3H3,(H,21,22). The molecule has 2 rings (SSSR count). The minimum absolute atomic E-state index is 0.0803. The van der Waals surface area contributed by atoms with E-state index < -0.39 is 11.6 Å². The number of nitrogens with one attached hydrogen (secondary N) is 1. The molecule has 24 heavy (non-hydrogen) atoms. The van der Waals surface area contributed by atoms with Crippen molar-refractivity contribution < 1.29 is 13.5 Å². The van der Waals surface area contributed by atoms with Crippen molar-refractivity contribution in [3.05, 3.63) is 35.4 Å². The number of guanidine groups is 1. The Hall–Kier alpha value is -1.69. The minimum atomic E-state index is -0.551. The Kier molecular flexibility index (Phi) is 6.97. The van der Waals surface area contributed by atoms with Crippen molar-refractivity contribution in [3.8, 4) is 0 Å². The van der Waals surface area contributed by atoms with Gasteiger partial charge in [0, 0.05) is 45.3 Å². The van der Waals surface area contributed by atoms with Gasteiger partial charge in [-0.05, 0) is 31.4 Å². The zero-order valence-corrected chi connectivity index (χ0v) is 14.7. The monoisotopic (exact) mass is 339 g/mol. The first kappa shape index (κ1) is 18.6. The van der Waals surface area contributed by atoms with E-state index in [0.717, 1.165) is 44.6 Å². The molecule has 1 unspecified atom stereocenters. The van der Waals surface area contributed by atoms with Crippen molar-refractivity contribution in [2.24, 2.45) is 4.99 Å². The molecule has 0 aromatic heterocycles. The first-order chi connectivity index (χ1) is 11.5. The van der Waals surface area contributed by atoms with Crippen LogP contribution in [0.25, 0.3) is 0 Å². The molecular weight excluding hydrogens is 312 g/mol. The molecule has 1 N–H and O–H groups in total. The van der Waals surface area contributed by atoms with Crippen LogP contribution in [0.2, 0.25) is 0 Å². The van der Waals surface area contributed by atoms with Gasteiger partial charge in [0.1, 0.15) is 11.6 Å². The maximum Gasteiger partial charge on any atom is 0.193 e. The van der Waals surface area contributed by atoms with Gasteiger partial charge in [-0.15, -0.1) is 0 Å². The van der Waals surface area contributed by atoms with E-state index in [9.17, 15) is 8.78 Å². The van der Waals surface area contributed by atoms with Crippen LogP contribution in [0, 0.1) is 11.6 Å². The highest BCUT2D eigenvalue weighted by molar-refractivity contribution is 5.80. The fourth-order valence-electron chi connectivity index (χ4n) is 3.06. The summed E-state index contributed by atoms with van der Waals surface area (Å²) in [7, 11) is 1.75. The van der Waals surface area contributed by atoms with Crippen molar-refractivity contribution in [2.75, 3.05) is 33.3 Å². The molecule has 1 aromatic carbocycles. The molecular formula is C18H27F2N3O. The summed E-state index contributed by atoms with van der Waals surface area (Å²) in [5, 5.41) is 3.30. The molecule has 1 saturated heterocycles. The normalized spacial score (nSPS) is 17.9. The zero-order chi connectivity index (χ0) is 17.5. The fourth-order valence-corrected chi connectivity index (χ4v) is 3.06. The van der Waals surface area contributed by atoms with Crippen LogP contribution in [0.3, 0.4) is 0 Å². The van der Waals surface area contributed by atoms with Crippen LogP contribution in [-0.4, -0.2) is 50.3 Å². The van der Waals surface area contributed by atoms with E-state index in [4.69, 9.17) is 4.74 Å². The van der Waals surface area contributed by atoms with Gasteiger partial charge in [-0.1, -0.05) is 13.0 Å². The van der Waals surface area contributed by atoms with E-state index >= 15 is 0 Å². The van der Waals surface area contributed by atoms with Crippen molar-refractivity contribution >= 4 is 5.96 Å². The lowest BCUT2D eigenvalue weighted by Gasteiger charge is -2.34. The minimum Gasteiger partial charge on any atom is -0.378 e. The van der Waals surface area contributed by atoms with E-state index in [2.05, 4.69) is 15.2 Å². The van der Waals surface area contributed by atoms with Crippen LogP contribution >= 0.6 is 0 Å². The van der Waals surface area contributed by atoms with Crippen molar-refractivity contribution in [2.45, 2.75) is 38.7 Å². The van der Waals surface area contributed by atoms with Crippen LogP contribution in [0.1, 0.15) is 38.2 Å². The van der Waals surface area contributed by atoms with E-state index in [1.807, 2.05) is 13.8 Å². The van der Waals surface area contributed by atoms with Crippen LogP contribution in [0.15, 0.2) is 23.2 Å². The molecule has 0 amide bonds. The summed E-state index contributed by atoms with van der Waals surface area (Å²) < 4.78 is 32.5. The molecule has 134 valence electrons. The smallest absolute Gasteiger partial charge is 0.193 e. The number of rotatable bonds is 5. The number of halogens is 2. The van der Waals surface area contributed by atoms with Gasteiger partial charge >= 0.3 is 0 Å². The van der Waals surface area contributed by atoms with E-state index in [-0.39, 0.29) is 5.92 Å². The Morgan fingerprint density at radius 2 is 2.08 bits per heavy atom. The SMILES string of the molecule is CCOC1CCN(C(=NC)NCC(C)c2ccc(F)cc2F)CC1. The molecule has 1 aromatic rings. The van der Waals surface area contributed by atoms with Gasteiger partial charge in [0.15, 0.2) is 5.96 Å². The third-order valence-electron chi connectivity index (χ3n) is 4.42. The molecule has 0 aliphatic carbocycles. The first-order valence-electron chi connectivity index (χ1n) is 8.57. The second-order valence-corrected chi connectivity index (χ2v) is 6.14. The zero-order valence-electron chi connectivity index (χ0n) is 14.7. The number of likely N-dealkylation sites (tertiary alicyclic amines) is 1. The van der Waals surface area contributed by atoms with Gasteiger partial charge in [0.05, 0.1) is 6.10 Å². The van der Waals surface area contributed by atoms with E-state index in [0.29, 0.717) is 18.2 Å². The average molecular weight is 339 g/mol. The molecule has 1 aliphatic rings. The maximum atomic E-state index is 13.9. The summed E-state index contributed by atoms with van der Waals surface area (Å²) in [6.07, 6.45) is 2.30. The number of ether oxygens (including phenoxy) is 1. The van der Waals surface area contributed by atoms with Crippen LogP contribution in [0.4, 0.5) is 8.78 Å². The second-order valence-electron chi connectivity index (χ2n) is 6.14. The Morgan fingerprint density at radius 3 is 2.67 bits per heavy atom. The number of hydrogen-bond acceptors (Lipinski definition) is 2. The molecule has 6 heteroatoms. The molecule has 0 saturated carbocycles. The third kappa shape index (κ3) is 4.90. The highest BCUT2D eigenvalue weighted by atomic mass is 19.1. The molecule has 1 heterocycles. The summed E-state index contributed by atoms with van der Waals surface area (Å²) in [4.78, 5) is 6.52. The highest BCUT2D eigenvalue weighted by Crippen LogP contribution is 2.19. The quantitative estimate of drug-likeness (QED) is 0.661.